The number of pyridine rings is 1. The van der Waals surface area contributed by atoms with Crippen LogP contribution < -0.4 is 9.47 Å². The summed E-state index contributed by atoms with van der Waals surface area (Å²) in [6.07, 6.45) is 2.02. The third-order valence-corrected chi connectivity index (χ3v) is 3.95. The Kier molecular flexibility index (Phi) is 4.70. The lowest BCUT2D eigenvalue weighted by atomic mass is 10.1. The lowest BCUT2D eigenvalue weighted by molar-refractivity contribution is 0.404. The standard InChI is InChI=1S/C19H22N4O2/c1-12(2)18-19(23-11-13(3)6-9-17(23)20-18)22-21-15-10-14(24-4)7-8-16(15)25-5/h6-12H,1-5H3. The van der Waals surface area contributed by atoms with E-state index in [4.69, 9.17) is 14.5 Å². The summed E-state index contributed by atoms with van der Waals surface area (Å²) in [6.45, 7) is 6.24. The average Bonchev–Trinajstić information content (AvgIpc) is 2.97. The minimum Gasteiger partial charge on any atom is -0.497 e. The third kappa shape index (κ3) is 3.33. The Labute approximate surface area is 147 Å². The van der Waals surface area contributed by atoms with E-state index in [0.717, 1.165) is 22.7 Å². The van der Waals surface area contributed by atoms with Crippen molar-refractivity contribution in [3.8, 4) is 11.5 Å². The van der Waals surface area contributed by atoms with Crippen LogP contribution in [0.15, 0.2) is 46.8 Å². The zero-order valence-electron chi connectivity index (χ0n) is 15.1. The molecule has 1 aromatic carbocycles. The second kappa shape index (κ2) is 6.93. The maximum Gasteiger partial charge on any atom is 0.183 e. The van der Waals surface area contributed by atoms with E-state index in [2.05, 4.69) is 24.1 Å². The second-order valence-corrected chi connectivity index (χ2v) is 6.15. The molecular formula is C19H22N4O2. The van der Waals surface area contributed by atoms with Crippen molar-refractivity contribution in [3.63, 3.8) is 0 Å². The number of azo groups is 1. The number of hydrogen-bond donors (Lipinski definition) is 0. The number of nitrogens with zero attached hydrogens (tertiary/aromatic N) is 4. The number of methoxy groups -OCH3 is 2. The van der Waals surface area contributed by atoms with Crippen LogP contribution >= 0.6 is 0 Å². The summed E-state index contributed by atoms with van der Waals surface area (Å²) in [5.74, 6) is 2.31. The summed E-state index contributed by atoms with van der Waals surface area (Å²) in [6, 6.07) is 9.47. The fourth-order valence-corrected chi connectivity index (χ4v) is 2.62. The van der Waals surface area contributed by atoms with E-state index < -0.39 is 0 Å². The van der Waals surface area contributed by atoms with E-state index in [1.54, 1.807) is 20.3 Å². The van der Waals surface area contributed by atoms with Crippen LogP contribution in [-0.2, 0) is 0 Å². The quantitative estimate of drug-likeness (QED) is 0.601. The molecule has 0 saturated heterocycles. The first kappa shape index (κ1) is 17.0. The van der Waals surface area contributed by atoms with Gasteiger partial charge in [0.1, 0.15) is 22.8 Å². The Morgan fingerprint density at radius 1 is 1.04 bits per heavy atom. The van der Waals surface area contributed by atoms with Crippen molar-refractivity contribution in [2.24, 2.45) is 10.2 Å². The van der Waals surface area contributed by atoms with E-state index in [1.807, 2.05) is 41.8 Å². The average molecular weight is 338 g/mol. The van der Waals surface area contributed by atoms with Crippen LogP contribution in [0.1, 0.15) is 31.0 Å². The van der Waals surface area contributed by atoms with Crippen LogP contribution in [0, 0.1) is 6.92 Å². The Balaban J connectivity index is 2.12. The second-order valence-electron chi connectivity index (χ2n) is 6.15. The highest BCUT2D eigenvalue weighted by Crippen LogP contribution is 2.34. The molecule has 2 heterocycles. The van der Waals surface area contributed by atoms with Gasteiger partial charge in [-0.25, -0.2) is 4.98 Å². The fourth-order valence-electron chi connectivity index (χ4n) is 2.62. The minimum absolute atomic E-state index is 0.237. The molecule has 0 unspecified atom stereocenters. The molecule has 6 nitrogen and oxygen atoms in total. The number of ether oxygens (including phenoxy) is 2. The molecule has 0 bridgehead atoms. The molecule has 0 radical (unpaired) electrons. The highest BCUT2D eigenvalue weighted by Gasteiger charge is 2.15. The summed E-state index contributed by atoms with van der Waals surface area (Å²) in [7, 11) is 3.23. The van der Waals surface area contributed by atoms with Crippen molar-refractivity contribution in [1.82, 2.24) is 9.38 Å². The van der Waals surface area contributed by atoms with Gasteiger partial charge in [0, 0.05) is 12.3 Å². The van der Waals surface area contributed by atoms with E-state index in [0.29, 0.717) is 17.2 Å². The first-order valence-electron chi connectivity index (χ1n) is 8.16. The molecule has 0 amide bonds. The molecule has 25 heavy (non-hydrogen) atoms. The molecule has 3 rings (SSSR count). The van der Waals surface area contributed by atoms with Crippen molar-refractivity contribution in [3.05, 3.63) is 47.8 Å². The van der Waals surface area contributed by atoms with Crippen LogP contribution in [0.3, 0.4) is 0 Å². The van der Waals surface area contributed by atoms with Gasteiger partial charge in [0.15, 0.2) is 5.82 Å². The monoisotopic (exact) mass is 338 g/mol. The topological polar surface area (TPSA) is 60.5 Å². The number of benzene rings is 1. The normalized spacial score (nSPS) is 11.6. The summed E-state index contributed by atoms with van der Waals surface area (Å²) >= 11 is 0. The molecule has 0 N–H and O–H groups in total. The van der Waals surface area contributed by atoms with Gasteiger partial charge in [-0.3, -0.25) is 4.40 Å². The number of rotatable bonds is 5. The van der Waals surface area contributed by atoms with Gasteiger partial charge in [-0.05, 0) is 36.6 Å². The smallest absolute Gasteiger partial charge is 0.183 e. The van der Waals surface area contributed by atoms with Gasteiger partial charge in [0.25, 0.3) is 0 Å². The maximum absolute atomic E-state index is 5.37. The van der Waals surface area contributed by atoms with Crippen LogP contribution in [0.4, 0.5) is 11.5 Å². The molecule has 6 heteroatoms. The van der Waals surface area contributed by atoms with Crippen molar-refractivity contribution in [2.75, 3.05) is 14.2 Å². The zero-order chi connectivity index (χ0) is 18.0. The highest BCUT2D eigenvalue weighted by molar-refractivity contribution is 5.57. The molecule has 0 aliphatic rings. The lowest BCUT2D eigenvalue weighted by Gasteiger charge is -2.06. The van der Waals surface area contributed by atoms with Crippen molar-refractivity contribution < 1.29 is 9.47 Å². The molecule has 0 saturated carbocycles. The first-order valence-corrected chi connectivity index (χ1v) is 8.16. The van der Waals surface area contributed by atoms with Crippen molar-refractivity contribution in [1.29, 1.82) is 0 Å². The van der Waals surface area contributed by atoms with Gasteiger partial charge < -0.3 is 9.47 Å². The molecule has 3 aromatic rings. The maximum atomic E-state index is 5.37. The minimum atomic E-state index is 0.237. The molecule has 0 fully saturated rings. The molecular weight excluding hydrogens is 316 g/mol. The molecule has 0 aliphatic carbocycles. The number of aromatic nitrogens is 2. The SMILES string of the molecule is COc1ccc(OC)c(N=Nc2c(C(C)C)nc3ccc(C)cn23)c1. The van der Waals surface area contributed by atoms with E-state index >= 15 is 0 Å². The Bertz CT molecular complexity index is 929. The van der Waals surface area contributed by atoms with E-state index in [9.17, 15) is 0 Å². The van der Waals surface area contributed by atoms with Crippen molar-refractivity contribution >= 4 is 17.2 Å². The predicted octanol–water partition coefficient (Wildman–Crippen LogP) is 5.20. The highest BCUT2D eigenvalue weighted by atomic mass is 16.5. The summed E-state index contributed by atoms with van der Waals surface area (Å²) < 4.78 is 12.6. The van der Waals surface area contributed by atoms with Crippen LogP contribution in [-0.4, -0.2) is 23.6 Å². The van der Waals surface area contributed by atoms with Gasteiger partial charge in [-0.2, -0.15) is 0 Å². The fraction of sp³-hybridized carbons (Fsp3) is 0.316. The number of fused-ring (bicyclic) bond motifs is 1. The largest absolute Gasteiger partial charge is 0.497 e. The van der Waals surface area contributed by atoms with Gasteiger partial charge in [-0.1, -0.05) is 19.9 Å². The van der Waals surface area contributed by atoms with Gasteiger partial charge in [0.05, 0.1) is 19.9 Å². The molecule has 0 aliphatic heterocycles. The van der Waals surface area contributed by atoms with E-state index in [-0.39, 0.29) is 5.92 Å². The molecule has 2 aromatic heterocycles. The first-order chi connectivity index (χ1) is 12.0. The summed E-state index contributed by atoms with van der Waals surface area (Å²) in [4.78, 5) is 4.70. The number of hydrogen-bond acceptors (Lipinski definition) is 5. The lowest BCUT2D eigenvalue weighted by Crippen LogP contribution is -1.89. The van der Waals surface area contributed by atoms with Gasteiger partial charge >= 0.3 is 0 Å². The molecule has 0 atom stereocenters. The van der Waals surface area contributed by atoms with Crippen LogP contribution in [0.5, 0.6) is 11.5 Å². The summed E-state index contributed by atoms with van der Waals surface area (Å²) in [5, 5.41) is 8.91. The summed E-state index contributed by atoms with van der Waals surface area (Å²) in [5.41, 5.74) is 3.52. The Morgan fingerprint density at radius 2 is 1.84 bits per heavy atom. The predicted molar refractivity (Wildman–Crippen MR) is 97.7 cm³/mol. The van der Waals surface area contributed by atoms with Crippen molar-refractivity contribution in [2.45, 2.75) is 26.7 Å². The number of aryl methyl sites for hydroxylation is 1. The Hall–Kier alpha value is -2.89. The Morgan fingerprint density at radius 3 is 2.52 bits per heavy atom. The van der Waals surface area contributed by atoms with Gasteiger partial charge in [-0.15, -0.1) is 10.2 Å². The molecule has 130 valence electrons. The third-order valence-electron chi connectivity index (χ3n) is 3.95. The van der Waals surface area contributed by atoms with E-state index in [1.165, 1.54) is 0 Å². The van der Waals surface area contributed by atoms with Crippen LogP contribution in [0.25, 0.3) is 5.65 Å². The molecule has 0 spiro atoms. The zero-order valence-corrected chi connectivity index (χ0v) is 15.1. The van der Waals surface area contributed by atoms with Gasteiger partial charge in [0.2, 0.25) is 0 Å². The number of imidazole rings is 1. The van der Waals surface area contributed by atoms with Crippen LogP contribution in [0.2, 0.25) is 0 Å².